The van der Waals surface area contributed by atoms with Gasteiger partial charge in [-0.05, 0) is 49.7 Å². The number of hydrogen-bond acceptors (Lipinski definition) is 6. The highest BCUT2D eigenvalue weighted by Gasteiger charge is 2.74. The van der Waals surface area contributed by atoms with Crippen molar-refractivity contribution in [3.05, 3.63) is 46.4 Å². The van der Waals surface area contributed by atoms with Crippen molar-refractivity contribution in [2.24, 2.45) is 11.8 Å². The Morgan fingerprint density at radius 3 is 2.67 bits per heavy atom. The molecule has 0 aliphatic carbocycles. The molecule has 0 aromatic heterocycles. The zero-order valence-electron chi connectivity index (χ0n) is 17.5. The molecule has 2 aromatic carbocycles. The molecule has 5 aliphatic heterocycles. The zero-order valence-corrected chi connectivity index (χ0v) is 19.1. The predicted octanol–water partition coefficient (Wildman–Crippen LogP) is 2.65. The Bertz CT molecular complexity index is 1260. The number of carbonyl (C=O) groups is 3. The van der Waals surface area contributed by atoms with Crippen LogP contribution in [0.1, 0.15) is 18.4 Å². The third-order valence-corrected chi connectivity index (χ3v) is 8.23. The fourth-order valence-electron chi connectivity index (χ4n) is 6.60. The maximum atomic E-state index is 14.0. The van der Waals surface area contributed by atoms with Crippen LogP contribution in [0.3, 0.4) is 0 Å². The molecule has 168 valence electrons. The minimum absolute atomic E-state index is 0.149. The van der Waals surface area contributed by atoms with Crippen molar-refractivity contribution in [3.8, 4) is 11.5 Å². The van der Waals surface area contributed by atoms with Crippen LogP contribution in [0.25, 0.3) is 0 Å². The van der Waals surface area contributed by atoms with Crippen molar-refractivity contribution in [1.29, 1.82) is 0 Å². The van der Waals surface area contributed by atoms with E-state index >= 15 is 0 Å². The van der Waals surface area contributed by atoms with E-state index in [1.54, 1.807) is 18.2 Å². The van der Waals surface area contributed by atoms with Crippen molar-refractivity contribution < 1.29 is 23.9 Å². The summed E-state index contributed by atoms with van der Waals surface area (Å²) in [6.45, 7) is 1.55. The van der Waals surface area contributed by atoms with Crippen LogP contribution in [0.4, 0.5) is 11.4 Å². The number of nitrogens with zero attached hydrogens (tertiary/aromatic N) is 2. The second kappa shape index (κ2) is 6.57. The van der Waals surface area contributed by atoms with E-state index in [-0.39, 0.29) is 23.8 Å². The minimum Gasteiger partial charge on any atom is -0.486 e. The number of hydrogen-bond donors (Lipinski definition) is 1. The molecule has 3 saturated heterocycles. The van der Waals surface area contributed by atoms with Gasteiger partial charge in [0.25, 0.3) is 0 Å². The highest BCUT2D eigenvalue weighted by Crippen LogP contribution is 2.61. The van der Waals surface area contributed by atoms with E-state index < -0.39 is 17.4 Å². The molecule has 3 amide bonds. The lowest BCUT2D eigenvalue weighted by Gasteiger charge is -2.36. The van der Waals surface area contributed by atoms with E-state index in [4.69, 9.17) is 9.47 Å². The lowest BCUT2D eigenvalue weighted by molar-refractivity contribution is -0.135. The summed E-state index contributed by atoms with van der Waals surface area (Å²) in [7, 11) is 0. The van der Waals surface area contributed by atoms with E-state index in [1.165, 1.54) is 4.90 Å². The number of amides is 3. The van der Waals surface area contributed by atoms with Crippen LogP contribution in [-0.4, -0.2) is 48.4 Å². The Kier molecular flexibility index (Phi) is 3.89. The first-order valence-corrected chi connectivity index (χ1v) is 12.0. The van der Waals surface area contributed by atoms with Gasteiger partial charge in [-0.2, -0.15) is 0 Å². The van der Waals surface area contributed by atoms with Crippen LogP contribution in [-0.2, 0) is 19.9 Å². The van der Waals surface area contributed by atoms with E-state index in [0.717, 1.165) is 22.9 Å². The van der Waals surface area contributed by atoms with Gasteiger partial charge in [0.2, 0.25) is 17.7 Å². The zero-order chi connectivity index (χ0) is 22.5. The second-order valence-electron chi connectivity index (χ2n) is 9.16. The quantitative estimate of drug-likeness (QED) is 0.594. The van der Waals surface area contributed by atoms with Gasteiger partial charge in [-0.15, -0.1) is 0 Å². The number of carbonyl (C=O) groups excluding carboxylic acids is 3. The summed E-state index contributed by atoms with van der Waals surface area (Å²) in [5, 5.41) is 2.99. The highest BCUT2D eigenvalue weighted by molar-refractivity contribution is 9.10. The Morgan fingerprint density at radius 1 is 1.00 bits per heavy atom. The van der Waals surface area contributed by atoms with Crippen molar-refractivity contribution >= 4 is 45.0 Å². The van der Waals surface area contributed by atoms with Gasteiger partial charge >= 0.3 is 0 Å². The van der Waals surface area contributed by atoms with Crippen LogP contribution in [0.2, 0.25) is 0 Å². The number of nitrogens with one attached hydrogen (secondary N) is 1. The first-order valence-electron chi connectivity index (χ1n) is 11.2. The van der Waals surface area contributed by atoms with Crippen LogP contribution >= 0.6 is 15.9 Å². The molecular formula is C24H20BrN3O5. The monoisotopic (exact) mass is 509 g/mol. The SMILES string of the molecule is O=C1[C@@H]2[C@@H]3CCCN3[C@@]3(C(=O)Nc4ccc(Br)cc43)[C@H]2C(=O)N1c1ccc2c(c1)OCCO2. The normalized spacial score (nSPS) is 31.7. The van der Waals surface area contributed by atoms with Gasteiger partial charge in [0.05, 0.1) is 17.5 Å². The molecule has 33 heavy (non-hydrogen) atoms. The smallest absolute Gasteiger partial charge is 0.250 e. The number of rotatable bonds is 1. The maximum absolute atomic E-state index is 14.0. The molecule has 0 unspecified atom stereocenters. The van der Waals surface area contributed by atoms with E-state index in [9.17, 15) is 14.4 Å². The predicted molar refractivity (Wildman–Crippen MR) is 121 cm³/mol. The molecule has 8 nitrogen and oxygen atoms in total. The fourth-order valence-corrected chi connectivity index (χ4v) is 6.96. The number of ether oxygens (including phenoxy) is 2. The van der Waals surface area contributed by atoms with Gasteiger partial charge in [0.1, 0.15) is 18.8 Å². The molecule has 9 heteroatoms. The molecule has 0 saturated carbocycles. The number of halogens is 1. The fraction of sp³-hybridized carbons (Fsp3) is 0.375. The number of anilines is 2. The van der Waals surface area contributed by atoms with Crippen LogP contribution in [0.15, 0.2) is 40.9 Å². The molecule has 0 radical (unpaired) electrons. The molecule has 4 atom stereocenters. The van der Waals surface area contributed by atoms with Crippen LogP contribution in [0.5, 0.6) is 11.5 Å². The summed E-state index contributed by atoms with van der Waals surface area (Å²) < 4.78 is 12.1. The van der Waals surface area contributed by atoms with Crippen molar-refractivity contribution in [3.63, 3.8) is 0 Å². The van der Waals surface area contributed by atoms with Crippen molar-refractivity contribution in [2.45, 2.75) is 24.4 Å². The Morgan fingerprint density at radius 2 is 1.82 bits per heavy atom. The van der Waals surface area contributed by atoms with Gasteiger partial charge in [0, 0.05) is 27.8 Å². The minimum atomic E-state index is -1.18. The molecule has 0 bridgehead atoms. The van der Waals surface area contributed by atoms with Crippen molar-refractivity contribution in [2.75, 3.05) is 30.0 Å². The van der Waals surface area contributed by atoms with E-state index in [0.29, 0.717) is 42.6 Å². The van der Waals surface area contributed by atoms with Gasteiger partial charge in [-0.1, -0.05) is 15.9 Å². The Hall–Kier alpha value is -2.91. The van der Waals surface area contributed by atoms with Gasteiger partial charge in [0.15, 0.2) is 11.5 Å². The molecule has 7 rings (SSSR count). The summed E-state index contributed by atoms with van der Waals surface area (Å²) in [5.41, 5.74) is 0.746. The first-order chi connectivity index (χ1) is 16.0. The number of fused-ring (bicyclic) bond motifs is 8. The largest absolute Gasteiger partial charge is 0.486 e. The van der Waals surface area contributed by atoms with Gasteiger partial charge < -0.3 is 14.8 Å². The Balaban J connectivity index is 1.39. The molecular weight excluding hydrogens is 490 g/mol. The summed E-state index contributed by atoms with van der Waals surface area (Å²) in [6.07, 6.45) is 1.67. The summed E-state index contributed by atoms with van der Waals surface area (Å²) in [6, 6.07) is 10.6. The second-order valence-corrected chi connectivity index (χ2v) is 10.1. The van der Waals surface area contributed by atoms with Crippen LogP contribution < -0.4 is 19.7 Å². The summed E-state index contributed by atoms with van der Waals surface area (Å²) >= 11 is 3.53. The Labute approximate surface area is 197 Å². The van der Waals surface area contributed by atoms with Crippen LogP contribution in [0, 0.1) is 11.8 Å². The third-order valence-electron chi connectivity index (χ3n) is 7.74. The van der Waals surface area contributed by atoms with Gasteiger partial charge in [-0.25, -0.2) is 4.90 Å². The van der Waals surface area contributed by atoms with E-state index in [2.05, 4.69) is 26.1 Å². The average molecular weight is 510 g/mol. The number of benzene rings is 2. The number of imide groups is 1. The standard InChI is InChI=1S/C24H20BrN3O5/c25-12-3-5-15-14(10-12)24(23(31)26-15)20-19(16-2-1-7-27(16)24)21(29)28(22(20)30)13-4-6-17-18(11-13)33-9-8-32-17/h3-6,10-11,16,19-20H,1-2,7-9H2,(H,26,31)/t16-,19+,20+,24+/m0/s1. The molecule has 1 N–H and O–H groups in total. The molecule has 5 aliphatic rings. The summed E-state index contributed by atoms with van der Waals surface area (Å²) in [5.74, 6) is -1.04. The average Bonchev–Trinajstić information content (AvgIpc) is 3.52. The first kappa shape index (κ1) is 19.5. The third kappa shape index (κ3) is 2.31. The van der Waals surface area contributed by atoms with Gasteiger partial charge in [-0.3, -0.25) is 19.3 Å². The highest BCUT2D eigenvalue weighted by atomic mass is 79.9. The lowest BCUT2D eigenvalue weighted by atomic mass is 9.75. The van der Waals surface area contributed by atoms with Crippen molar-refractivity contribution in [1.82, 2.24) is 4.90 Å². The maximum Gasteiger partial charge on any atom is 0.250 e. The molecule has 1 spiro atoms. The molecule has 5 heterocycles. The summed E-state index contributed by atoms with van der Waals surface area (Å²) in [4.78, 5) is 44.8. The van der Waals surface area contributed by atoms with E-state index in [1.807, 2.05) is 18.2 Å². The topological polar surface area (TPSA) is 88.2 Å². The molecule has 2 aromatic rings. The molecule has 3 fully saturated rings. The lowest BCUT2D eigenvalue weighted by Crippen LogP contribution is -2.54.